The van der Waals surface area contributed by atoms with E-state index in [2.05, 4.69) is 24.4 Å². The van der Waals surface area contributed by atoms with Crippen molar-refractivity contribution in [2.24, 2.45) is 0 Å². The van der Waals surface area contributed by atoms with Gasteiger partial charge in [-0.25, -0.2) is 0 Å². The molecule has 21 heavy (non-hydrogen) atoms. The standard InChI is InChI=1S/C17H23NO3/c1-16-7-6-15(19)18-17(10-16,11-20-2)9-12-4-5-13(21-3)8-14(12)16/h4-5,8H,6-7,9-11H2,1-3H3,(H,18,19)/t16-,17-/m1/s1. The van der Waals surface area contributed by atoms with Gasteiger partial charge in [-0.05, 0) is 47.9 Å². The molecule has 1 aromatic rings. The van der Waals surface area contributed by atoms with E-state index in [1.165, 1.54) is 11.1 Å². The Kier molecular flexibility index (Phi) is 3.44. The Morgan fingerprint density at radius 1 is 1.33 bits per heavy atom. The molecule has 1 aliphatic carbocycles. The second-order valence-corrected chi connectivity index (χ2v) is 6.70. The zero-order valence-electron chi connectivity index (χ0n) is 13.0. The fourth-order valence-corrected chi connectivity index (χ4v) is 4.14. The molecule has 1 amide bonds. The molecule has 1 fully saturated rings. The Bertz CT molecular complexity index is 571. The molecule has 2 aliphatic rings. The normalized spacial score (nSPS) is 31.1. The van der Waals surface area contributed by atoms with Gasteiger partial charge in [-0.1, -0.05) is 13.0 Å². The summed E-state index contributed by atoms with van der Waals surface area (Å²) in [6.45, 7) is 2.81. The Labute approximate surface area is 125 Å². The fraction of sp³-hybridized carbons (Fsp3) is 0.588. The summed E-state index contributed by atoms with van der Waals surface area (Å²) in [5, 5.41) is 3.22. The molecule has 1 aliphatic heterocycles. The van der Waals surface area contributed by atoms with E-state index in [4.69, 9.17) is 9.47 Å². The summed E-state index contributed by atoms with van der Waals surface area (Å²) in [7, 11) is 3.40. The third-order valence-corrected chi connectivity index (χ3v) is 4.95. The summed E-state index contributed by atoms with van der Waals surface area (Å²) in [4.78, 5) is 12.1. The average Bonchev–Trinajstić information content (AvgIpc) is 2.55. The van der Waals surface area contributed by atoms with Crippen LogP contribution in [0.5, 0.6) is 5.75 Å². The van der Waals surface area contributed by atoms with Crippen LogP contribution in [0.15, 0.2) is 18.2 Å². The Balaban J connectivity index is 2.11. The molecule has 1 saturated heterocycles. The third-order valence-electron chi connectivity index (χ3n) is 4.95. The lowest BCUT2D eigenvalue weighted by molar-refractivity contribution is -0.123. The first-order chi connectivity index (χ1) is 10.0. The zero-order chi connectivity index (χ0) is 15.1. The van der Waals surface area contributed by atoms with Crippen molar-refractivity contribution in [3.05, 3.63) is 29.3 Å². The molecular formula is C17H23NO3. The van der Waals surface area contributed by atoms with Crippen LogP contribution in [-0.2, 0) is 21.4 Å². The molecule has 4 nitrogen and oxygen atoms in total. The van der Waals surface area contributed by atoms with Crippen LogP contribution in [-0.4, -0.2) is 32.3 Å². The highest BCUT2D eigenvalue weighted by Gasteiger charge is 2.48. The molecule has 0 radical (unpaired) electrons. The van der Waals surface area contributed by atoms with E-state index in [1.54, 1.807) is 14.2 Å². The van der Waals surface area contributed by atoms with Crippen LogP contribution < -0.4 is 10.1 Å². The predicted octanol–water partition coefficient (Wildman–Crippen LogP) is 2.19. The maximum absolute atomic E-state index is 12.1. The van der Waals surface area contributed by atoms with Crippen LogP contribution in [0.2, 0.25) is 0 Å². The number of hydrogen-bond acceptors (Lipinski definition) is 3. The maximum atomic E-state index is 12.1. The topological polar surface area (TPSA) is 47.6 Å². The quantitative estimate of drug-likeness (QED) is 0.928. The van der Waals surface area contributed by atoms with Crippen molar-refractivity contribution in [1.82, 2.24) is 5.32 Å². The van der Waals surface area contributed by atoms with Crippen molar-refractivity contribution in [2.45, 2.75) is 43.6 Å². The second kappa shape index (κ2) is 5.02. The number of carbonyl (C=O) groups is 1. The number of carbonyl (C=O) groups excluding carboxylic acids is 1. The molecule has 0 spiro atoms. The van der Waals surface area contributed by atoms with E-state index in [0.29, 0.717) is 13.0 Å². The zero-order valence-corrected chi connectivity index (χ0v) is 13.0. The summed E-state index contributed by atoms with van der Waals surface area (Å²) < 4.78 is 10.8. The molecule has 0 aromatic heterocycles. The molecule has 3 rings (SSSR count). The maximum Gasteiger partial charge on any atom is 0.220 e. The summed E-state index contributed by atoms with van der Waals surface area (Å²) in [5.41, 5.74) is 2.33. The number of nitrogens with one attached hydrogen (secondary N) is 1. The number of benzene rings is 1. The van der Waals surface area contributed by atoms with Gasteiger partial charge in [0, 0.05) is 13.5 Å². The van der Waals surface area contributed by atoms with Gasteiger partial charge in [-0.3, -0.25) is 4.79 Å². The van der Waals surface area contributed by atoms with E-state index < -0.39 is 0 Å². The van der Waals surface area contributed by atoms with E-state index >= 15 is 0 Å². The lowest BCUT2D eigenvalue weighted by Gasteiger charge is -2.45. The molecule has 0 unspecified atom stereocenters. The molecule has 4 heteroatoms. The number of ether oxygens (including phenoxy) is 2. The third kappa shape index (κ3) is 2.42. The van der Waals surface area contributed by atoms with Crippen molar-refractivity contribution in [3.63, 3.8) is 0 Å². The highest BCUT2D eigenvalue weighted by atomic mass is 16.5. The van der Waals surface area contributed by atoms with Crippen LogP contribution >= 0.6 is 0 Å². The minimum absolute atomic E-state index is 0.0141. The molecule has 1 aromatic carbocycles. The van der Waals surface area contributed by atoms with Crippen molar-refractivity contribution in [1.29, 1.82) is 0 Å². The number of rotatable bonds is 3. The van der Waals surface area contributed by atoms with Crippen LogP contribution in [0.3, 0.4) is 0 Å². The van der Waals surface area contributed by atoms with E-state index in [1.807, 2.05) is 6.07 Å². The van der Waals surface area contributed by atoms with Gasteiger partial charge in [-0.15, -0.1) is 0 Å². The van der Waals surface area contributed by atoms with Gasteiger partial charge >= 0.3 is 0 Å². The van der Waals surface area contributed by atoms with Gasteiger partial charge in [0.15, 0.2) is 0 Å². The molecule has 1 heterocycles. The van der Waals surface area contributed by atoms with Crippen molar-refractivity contribution >= 4 is 5.91 Å². The fourth-order valence-electron chi connectivity index (χ4n) is 4.14. The largest absolute Gasteiger partial charge is 0.497 e. The Morgan fingerprint density at radius 3 is 2.86 bits per heavy atom. The highest BCUT2D eigenvalue weighted by molar-refractivity contribution is 5.78. The van der Waals surface area contributed by atoms with Crippen LogP contribution in [0.1, 0.15) is 37.3 Å². The summed E-state index contributed by atoms with van der Waals surface area (Å²) >= 11 is 0. The monoisotopic (exact) mass is 289 g/mol. The van der Waals surface area contributed by atoms with E-state index in [-0.39, 0.29) is 16.9 Å². The highest BCUT2D eigenvalue weighted by Crippen LogP contribution is 2.47. The van der Waals surface area contributed by atoms with Crippen LogP contribution in [0.4, 0.5) is 0 Å². The van der Waals surface area contributed by atoms with Gasteiger partial charge in [0.1, 0.15) is 5.75 Å². The predicted molar refractivity (Wildman–Crippen MR) is 80.7 cm³/mol. The summed E-state index contributed by atoms with van der Waals surface area (Å²) in [6.07, 6.45) is 3.17. The van der Waals surface area contributed by atoms with Gasteiger partial charge in [0.2, 0.25) is 5.91 Å². The first-order valence-corrected chi connectivity index (χ1v) is 7.48. The first-order valence-electron chi connectivity index (χ1n) is 7.48. The minimum Gasteiger partial charge on any atom is -0.497 e. The molecule has 1 N–H and O–H groups in total. The Morgan fingerprint density at radius 2 is 2.14 bits per heavy atom. The lowest BCUT2D eigenvalue weighted by Crippen LogP contribution is -2.56. The SMILES string of the molecule is COC[C@]12Cc3ccc(OC)cc3[C@](C)(CCC(=O)N1)C2. The van der Waals surface area contributed by atoms with Crippen LogP contribution in [0, 0.1) is 0 Å². The summed E-state index contributed by atoms with van der Waals surface area (Å²) in [5.74, 6) is 1.02. The van der Waals surface area contributed by atoms with E-state index in [9.17, 15) is 4.79 Å². The molecule has 0 saturated carbocycles. The first kappa shape index (κ1) is 14.4. The minimum atomic E-state index is -0.279. The van der Waals surface area contributed by atoms with Gasteiger partial charge in [0.25, 0.3) is 0 Å². The smallest absolute Gasteiger partial charge is 0.220 e. The molecule has 2 bridgehead atoms. The summed E-state index contributed by atoms with van der Waals surface area (Å²) in [6, 6.07) is 6.27. The number of methoxy groups -OCH3 is 2. The number of hydrogen-bond donors (Lipinski definition) is 1. The molecule has 114 valence electrons. The molecular weight excluding hydrogens is 266 g/mol. The van der Waals surface area contributed by atoms with Crippen molar-refractivity contribution in [2.75, 3.05) is 20.8 Å². The average molecular weight is 289 g/mol. The van der Waals surface area contributed by atoms with Crippen molar-refractivity contribution < 1.29 is 14.3 Å². The van der Waals surface area contributed by atoms with Gasteiger partial charge < -0.3 is 14.8 Å². The molecule has 2 atom stereocenters. The van der Waals surface area contributed by atoms with Gasteiger partial charge in [-0.2, -0.15) is 0 Å². The van der Waals surface area contributed by atoms with E-state index in [0.717, 1.165) is 25.0 Å². The Hall–Kier alpha value is -1.55. The lowest BCUT2D eigenvalue weighted by atomic mass is 9.63. The van der Waals surface area contributed by atoms with Crippen LogP contribution in [0.25, 0.3) is 0 Å². The van der Waals surface area contributed by atoms with Crippen molar-refractivity contribution in [3.8, 4) is 5.75 Å². The number of fused-ring (bicyclic) bond motifs is 4. The van der Waals surface area contributed by atoms with Gasteiger partial charge in [0.05, 0.1) is 19.3 Å². The number of amides is 1. The second-order valence-electron chi connectivity index (χ2n) is 6.70.